The minimum Gasteiger partial charge on any atom is -0.365 e. The van der Waals surface area contributed by atoms with Crippen LogP contribution in [0.25, 0.3) is 0 Å². The smallest absolute Gasteiger partial charge is 0.199 e. The van der Waals surface area contributed by atoms with Crippen LogP contribution < -0.4 is 0 Å². The number of carbonyl (C=O) groups excluding carboxylic acids is 1. The largest absolute Gasteiger partial charge is 0.365 e. The predicted octanol–water partition coefficient (Wildman–Crippen LogP) is 0.0268. The Morgan fingerprint density at radius 3 is 3.00 bits per heavy atom. The lowest BCUT2D eigenvalue weighted by molar-refractivity contribution is -0.131. The maximum absolute atomic E-state index is 10.5. The molecule has 0 saturated heterocycles. The van der Waals surface area contributed by atoms with E-state index in [0.717, 1.165) is 6.08 Å². The molecule has 0 amide bonds. The van der Waals surface area contributed by atoms with Crippen molar-refractivity contribution in [2.75, 3.05) is 6.61 Å². The zero-order valence-electron chi connectivity index (χ0n) is 4.50. The fourth-order valence-corrected chi connectivity index (χ4v) is 0.659. The van der Waals surface area contributed by atoms with Crippen molar-refractivity contribution in [3.63, 3.8) is 0 Å². The molecule has 0 aromatic carbocycles. The van der Waals surface area contributed by atoms with Gasteiger partial charge in [-0.05, 0) is 6.08 Å². The average molecular weight is 149 g/mol. The molecule has 1 rings (SSSR count). The summed E-state index contributed by atoms with van der Waals surface area (Å²) in [7, 11) is 0. The molecule has 1 heterocycles. The first-order valence-corrected chi connectivity index (χ1v) is 2.78. The number of ether oxygens (including phenoxy) is 1. The molecule has 0 aromatic heterocycles. The van der Waals surface area contributed by atoms with Crippen LogP contribution in [0.4, 0.5) is 0 Å². The van der Waals surface area contributed by atoms with E-state index in [1.807, 2.05) is 0 Å². The molecule has 0 fully saturated rings. The molecule has 0 spiro atoms. The van der Waals surface area contributed by atoms with Crippen LogP contribution in [0.2, 0.25) is 0 Å². The maximum Gasteiger partial charge on any atom is 0.199 e. The van der Waals surface area contributed by atoms with E-state index >= 15 is 0 Å². The third-order valence-corrected chi connectivity index (χ3v) is 1.28. The molecule has 0 aliphatic carbocycles. The summed E-state index contributed by atoms with van der Waals surface area (Å²) in [6, 6.07) is 0. The molecule has 0 aromatic rings. The van der Waals surface area contributed by atoms with Gasteiger partial charge in [0.25, 0.3) is 0 Å². The van der Waals surface area contributed by atoms with E-state index in [1.165, 1.54) is 0 Å². The molecule has 9 heavy (non-hydrogen) atoms. The van der Waals surface area contributed by atoms with Crippen LogP contribution in [0, 0.1) is 0 Å². The number of hydrogen-bond acceptors (Lipinski definition) is 3. The number of aliphatic hydroxyl groups is 1. The zero-order chi connectivity index (χ0) is 6.85. The van der Waals surface area contributed by atoms with Crippen molar-refractivity contribution < 1.29 is 14.6 Å². The molecule has 50 valence electrons. The van der Waals surface area contributed by atoms with E-state index in [0.29, 0.717) is 0 Å². The van der Waals surface area contributed by atoms with Gasteiger partial charge < -0.3 is 9.84 Å². The molecular weight excluding hydrogens is 144 g/mol. The van der Waals surface area contributed by atoms with Crippen molar-refractivity contribution in [1.82, 2.24) is 0 Å². The minimum atomic E-state index is -1.02. The SMILES string of the molecule is O=C1COC(O)C=C1Cl. The van der Waals surface area contributed by atoms with E-state index in [4.69, 9.17) is 16.7 Å². The molecule has 1 aliphatic rings. The van der Waals surface area contributed by atoms with E-state index in [1.54, 1.807) is 0 Å². The Kier molecular flexibility index (Phi) is 1.85. The van der Waals surface area contributed by atoms with Crippen LogP contribution in [0.15, 0.2) is 11.1 Å². The Labute approximate surface area is 56.9 Å². The number of Topliss-reactive ketones (excluding diaryl/α,β-unsaturated/α-hetero) is 1. The van der Waals surface area contributed by atoms with Crippen LogP contribution in [0.1, 0.15) is 0 Å². The zero-order valence-corrected chi connectivity index (χ0v) is 5.26. The Morgan fingerprint density at radius 2 is 2.56 bits per heavy atom. The fraction of sp³-hybridized carbons (Fsp3) is 0.400. The van der Waals surface area contributed by atoms with Crippen LogP contribution in [0.5, 0.6) is 0 Å². The highest BCUT2D eigenvalue weighted by molar-refractivity contribution is 6.42. The third kappa shape index (κ3) is 1.51. The summed E-state index contributed by atoms with van der Waals surface area (Å²) < 4.78 is 4.51. The topological polar surface area (TPSA) is 46.5 Å². The Balaban J connectivity index is 2.72. The Bertz CT molecular complexity index is 164. The highest BCUT2D eigenvalue weighted by Gasteiger charge is 2.16. The van der Waals surface area contributed by atoms with Crippen molar-refractivity contribution in [3.05, 3.63) is 11.1 Å². The van der Waals surface area contributed by atoms with Gasteiger partial charge in [-0.1, -0.05) is 11.6 Å². The Hall–Kier alpha value is -0.380. The summed E-state index contributed by atoms with van der Waals surface area (Å²) in [5.74, 6) is -0.290. The number of aliphatic hydroxyl groups excluding tert-OH is 1. The molecule has 3 nitrogen and oxygen atoms in total. The molecule has 1 aliphatic heterocycles. The second-order valence-electron chi connectivity index (χ2n) is 1.64. The molecule has 1 N–H and O–H groups in total. The summed E-state index contributed by atoms with van der Waals surface area (Å²) >= 11 is 5.33. The number of ketones is 1. The minimum absolute atomic E-state index is 0.0498. The van der Waals surface area contributed by atoms with E-state index in [9.17, 15) is 4.79 Å². The van der Waals surface area contributed by atoms with Crippen molar-refractivity contribution >= 4 is 17.4 Å². The van der Waals surface area contributed by atoms with Crippen molar-refractivity contribution in [1.29, 1.82) is 0 Å². The van der Waals surface area contributed by atoms with Gasteiger partial charge in [0.1, 0.15) is 6.61 Å². The predicted molar refractivity (Wildman–Crippen MR) is 30.9 cm³/mol. The monoisotopic (exact) mass is 148 g/mol. The van der Waals surface area contributed by atoms with Gasteiger partial charge in [-0.25, -0.2) is 0 Å². The first-order valence-electron chi connectivity index (χ1n) is 2.40. The number of carbonyl (C=O) groups is 1. The van der Waals surface area contributed by atoms with E-state index < -0.39 is 6.29 Å². The lowest BCUT2D eigenvalue weighted by Crippen LogP contribution is -2.22. The summed E-state index contributed by atoms with van der Waals surface area (Å²) in [5, 5.41) is 8.71. The van der Waals surface area contributed by atoms with E-state index in [2.05, 4.69) is 4.74 Å². The van der Waals surface area contributed by atoms with Gasteiger partial charge in [0.15, 0.2) is 12.1 Å². The van der Waals surface area contributed by atoms with E-state index in [-0.39, 0.29) is 17.4 Å². The number of rotatable bonds is 0. The van der Waals surface area contributed by atoms with Gasteiger partial charge in [0.05, 0.1) is 5.03 Å². The van der Waals surface area contributed by atoms with Gasteiger partial charge in [-0.2, -0.15) is 0 Å². The quantitative estimate of drug-likeness (QED) is 0.527. The second kappa shape index (κ2) is 2.47. The first-order chi connectivity index (χ1) is 4.20. The fourth-order valence-electron chi connectivity index (χ4n) is 0.496. The van der Waals surface area contributed by atoms with Crippen molar-refractivity contribution in [2.45, 2.75) is 6.29 Å². The van der Waals surface area contributed by atoms with Gasteiger partial charge in [-0.3, -0.25) is 4.79 Å². The average Bonchev–Trinajstić information content (AvgIpc) is 1.80. The van der Waals surface area contributed by atoms with Crippen LogP contribution in [-0.4, -0.2) is 23.8 Å². The maximum atomic E-state index is 10.5. The van der Waals surface area contributed by atoms with Gasteiger partial charge in [0.2, 0.25) is 0 Å². The van der Waals surface area contributed by atoms with Gasteiger partial charge in [0, 0.05) is 0 Å². The van der Waals surface area contributed by atoms with Gasteiger partial charge >= 0.3 is 0 Å². The number of hydrogen-bond donors (Lipinski definition) is 1. The molecule has 0 radical (unpaired) electrons. The standard InChI is InChI=1S/C5H5ClO3/c6-3-1-5(8)9-2-4(3)7/h1,5,8H,2H2. The highest BCUT2D eigenvalue weighted by Crippen LogP contribution is 2.10. The molecule has 4 heteroatoms. The first kappa shape index (κ1) is 6.74. The molecule has 0 bridgehead atoms. The van der Waals surface area contributed by atoms with Gasteiger partial charge in [-0.15, -0.1) is 0 Å². The summed E-state index contributed by atoms with van der Waals surface area (Å²) in [6.07, 6.45) is 0.142. The van der Waals surface area contributed by atoms with Crippen LogP contribution in [-0.2, 0) is 9.53 Å². The van der Waals surface area contributed by atoms with Crippen molar-refractivity contribution in [2.24, 2.45) is 0 Å². The molecular formula is C5H5ClO3. The Morgan fingerprint density at radius 1 is 1.89 bits per heavy atom. The number of halogens is 1. The lowest BCUT2D eigenvalue weighted by Gasteiger charge is -2.12. The molecule has 1 unspecified atom stereocenters. The molecule has 1 atom stereocenters. The summed E-state index contributed by atoms with van der Waals surface area (Å²) in [5.41, 5.74) is 0. The normalized spacial score (nSPS) is 28.0. The second-order valence-corrected chi connectivity index (χ2v) is 2.05. The molecule has 0 saturated carbocycles. The lowest BCUT2D eigenvalue weighted by atomic mass is 10.3. The summed E-state index contributed by atoms with van der Waals surface area (Å²) in [6.45, 7) is -0.128. The third-order valence-electron chi connectivity index (χ3n) is 0.940. The van der Waals surface area contributed by atoms with Crippen LogP contribution in [0.3, 0.4) is 0 Å². The highest BCUT2D eigenvalue weighted by atomic mass is 35.5. The summed E-state index contributed by atoms with van der Waals surface area (Å²) in [4.78, 5) is 10.5. The van der Waals surface area contributed by atoms with Crippen molar-refractivity contribution in [3.8, 4) is 0 Å². The van der Waals surface area contributed by atoms with Crippen LogP contribution >= 0.6 is 11.6 Å².